The summed E-state index contributed by atoms with van der Waals surface area (Å²) in [6.07, 6.45) is 0.162. The van der Waals surface area contributed by atoms with E-state index in [0.717, 1.165) is 5.75 Å². The van der Waals surface area contributed by atoms with Crippen LogP contribution >= 0.6 is 12.0 Å². The normalized spacial score (nSPS) is 13.4. The van der Waals surface area contributed by atoms with Gasteiger partial charge in [-0.05, 0) is 24.9 Å². The fourth-order valence-electron chi connectivity index (χ4n) is 1.50. The second-order valence-corrected chi connectivity index (χ2v) is 5.81. The van der Waals surface area contributed by atoms with Crippen LogP contribution in [0, 0.1) is 5.92 Å². The van der Waals surface area contributed by atoms with Gasteiger partial charge in [-0.1, -0.05) is 26.8 Å². The maximum atomic E-state index is 12.6. The summed E-state index contributed by atoms with van der Waals surface area (Å²) in [6.45, 7) is 11.3. The Morgan fingerprint density at radius 3 is 2.43 bits per heavy atom. The molecular formula is C14H26N2O4S. The van der Waals surface area contributed by atoms with Crippen LogP contribution in [0.4, 0.5) is 4.79 Å². The highest BCUT2D eigenvalue weighted by molar-refractivity contribution is 7.94. The molecule has 0 aromatic heterocycles. The Kier molecular flexibility index (Phi) is 9.90. The van der Waals surface area contributed by atoms with Crippen molar-refractivity contribution in [2.45, 2.75) is 39.8 Å². The van der Waals surface area contributed by atoms with Crippen LogP contribution in [0.2, 0.25) is 0 Å². The number of hydrogen-bond donors (Lipinski definition) is 1. The Bertz CT molecular complexity index is 350. The van der Waals surface area contributed by atoms with Crippen LogP contribution < -0.4 is 5.32 Å². The zero-order valence-electron chi connectivity index (χ0n) is 13.4. The summed E-state index contributed by atoms with van der Waals surface area (Å²) < 4.78 is 10.5. The van der Waals surface area contributed by atoms with Gasteiger partial charge >= 0.3 is 6.09 Å². The Morgan fingerprint density at radius 1 is 1.38 bits per heavy atom. The third kappa shape index (κ3) is 6.86. The lowest BCUT2D eigenvalue weighted by Crippen LogP contribution is -2.48. The summed E-state index contributed by atoms with van der Waals surface area (Å²) in [6, 6.07) is -0.218. The van der Waals surface area contributed by atoms with Crippen molar-refractivity contribution >= 4 is 24.0 Å². The SMILES string of the molecule is C=CC(C)N(COSCC)C(=O)C(OC(=O)NC)C(C)C. The van der Waals surface area contributed by atoms with Gasteiger partial charge in [0.25, 0.3) is 5.91 Å². The van der Waals surface area contributed by atoms with Crippen LogP contribution in [-0.4, -0.2) is 48.6 Å². The number of nitrogens with zero attached hydrogens (tertiary/aromatic N) is 1. The lowest BCUT2D eigenvalue weighted by Gasteiger charge is -2.31. The summed E-state index contributed by atoms with van der Waals surface area (Å²) in [5.41, 5.74) is 0. The van der Waals surface area contributed by atoms with E-state index in [1.807, 2.05) is 27.7 Å². The largest absolute Gasteiger partial charge is 0.436 e. The van der Waals surface area contributed by atoms with Crippen LogP contribution in [0.25, 0.3) is 0 Å². The van der Waals surface area contributed by atoms with Crippen molar-refractivity contribution in [3.05, 3.63) is 12.7 Å². The predicted molar refractivity (Wildman–Crippen MR) is 84.8 cm³/mol. The third-order valence-electron chi connectivity index (χ3n) is 2.80. The van der Waals surface area contributed by atoms with Gasteiger partial charge in [-0.25, -0.2) is 4.79 Å². The van der Waals surface area contributed by atoms with Crippen LogP contribution in [0.5, 0.6) is 0 Å². The minimum absolute atomic E-state index is 0.116. The number of nitrogens with one attached hydrogen (secondary N) is 1. The summed E-state index contributed by atoms with van der Waals surface area (Å²) >= 11 is 1.27. The van der Waals surface area contributed by atoms with E-state index >= 15 is 0 Å². The van der Waals surface area contributed by atoms with Gasteiger partial charge in [0.15, 0.2) is 6.10 Å². The van der Waals surface area contributed by atoms with Crippen molar-refractivity contribution in [1.82, 2.24) is 10.2 Å². The molecule has 0 aliphatic heterocycles. The molecule has 0 saturated carbocycles. The molecule has 0 heterocycles. The van der Waals surface area contributed by atoms with Crippen LogP contribution in [0.3, 0.4) is 0 Å². The molecule has 6 nitrogen and oxygen atoms in total. The van der Waals surface area contributed by atoms with Crippen molar-refractivity contribution in [3.8, 4) is 0 Å². The summed E-state index contributed by atoms with van der Waals surface area (Å²) in [5, 5.41) is 2.35. The first-order valence-corrected chi connectivity index (χ1v) is 7.85. The Hall–Kier alpha value is -1.21. The maximum absolute atomic E-state index is 12.6. The topological polar surface area (TPSA) is 67.9 Å². The monoisotopic (exact) mass is 318 g/mol. The third-order valence-corrected chi connectivity index (χ3v) is 3.30. The molecule has 0 fully saturated rings. The quantitative estimate of drug-likeness (QED) is 0.306. The first-order valence-electron chi connectivity index (χ1n) is 6.94. The first kappa shape index (κ1) is 19.8. The molecule has 122 valence electrons. The van der Waals surface area contributed by atoms with Crippen LogP contribution in [-0.2, 0) is 13.7 Å². The Balaban J connectivity index is 5.00. The first-order chi connectivity index (χ1) is 9.88. The van der Waals surface area contributed by atoms with Gasteiger partial charge in [0.2, 0.25) is 0 Å². The molecule has 0 aromatic rings. The minimum atomic E-state index is -0.859. The highest BCUT2D eigenvalue weighted by Gasteiger charge is 2.32. The number of amides is 2. The van der Waals surface area contributed by atoms with Crippen molar-refractivity contribution in [2.24, 2.45) is 5.92 Å². The number of ether oxygens (including phenoxy) is 1. The van der Waals surface area contributed by atoms with Gasteiger partial charge in [-0.2, -0.15) is 0 Å². The van der Waals surface area contributed by atoms with Crippen molar-refractivity contribution in [1.29, 1.82) is 0 Å². The number of alkyl carbamates (subject to hydrolysis) is 1. The van der Waals surface area contributed by atoms with E-state index in [9.17, 15) is 9.59 Å². The molecule has 0 aliphatic rings. The summed E-state index contributed by atoms with van der Waals surface area (Å²) in [7, 11) is 1.45. The van der Waals surface area contributed by atoms with Crippen molar-refractivity contribution in [2.75, 3.05) is 19.5 Å². The van der Waals surface area contributed by atoms with E-state index in [2.05, 4.69) is 11.9 Å². The average molecular weight is 318 g/mol. The Morgan fingerprint density at radius 2 is 2.00 bits per heavy atom. The molecule has 0 saturated heterocycles. The average Bonchev–Trinajstić information content (AvgIpc) is 2.47. The summed E-state index contributed by atoms with van der Waals surface area (Å²) in [5.74, 6) is 0.346. The second kappa shape index (κ2) is 10.5. The van der Waals surface area contributed by atoms with Crippen LogP contribution in [0.15, 0.2) is 12.7 Å². The molecule has 2 unspecified atom stereocenters. The van der Waals surface area contributed by atoms with E-state index in [1.165, 1.54) is 24.0 Å². The molecular weight excluding hydrogens is 292 g/mol. The van der Waals surface area contributed by atoms with Gasteiger partial charge in [-0.3, -0.25) is 8.98 Å². The second-order valence-electron chi connectivity index (χ2n) is 4.76. The molecule has 1 N–H and O–H groups in total. The van der Waals surface area contributed by atoms with E-state index in [4.69, 9.17) is 8.92 Å². The van der Waals surface area contributed by atoms with Crippen molar-refractivity contribution in [3.63, 3.8) is 0 Å². The van der Waals surface area contributed by atoms with E-state index in [-0.39, 0.29) is 24.6 Å². The molecule has 0 aromatic carbocycles. The predicted octanol–water partition coefficient (Wildman–Crippen LogP) is 2.41. The number of hydrogen-bond acceptors (Lipinski definition) is 5. The number of rotatable bonds is 9. The van der Waals surface area contributed by atoms with E-state index in [1.54, 1.807) is 6.08 Å². The molecule has 0 aliphatic carbocycles. The van der Waals surface area contributed by atoms with Gasteiger partial charge in [0.1, 0.15) is 6.73 Å². The zero-order chi connectivity index (χ0) is 16.4. The highest BCUT2D eigenvalue weighted by atomic mass is 32.2. The highest BCUT2D eigenvalue weighted by Crippen LogP contribution is 2.15. The fraction of sp³-hybridized carbons (Fsp3) is 0.714. The molecule has 0 bridgehead atoms. The summed E-state index contributed by atoms with van der Waals surface area (Å²) in [4.78, 5) is 25.5. The molecule has 21 heavy (non-hydrogen) atoms. The van der Waals surface area contributed by atoms with Crippen LogP contribution in [0.1, 0.15) is 27.7 Å². The van der Waals surface area contributed by atoms with Crippen molar-refractivity contribution < 1.29 is 18.5 Å². The molecule has 0 radical (unpaired) electrons. The van der Waals surface area contributed by atoms with E-state index < -0.39 is 12.2 Å². The molecule has 7 heteroatoms. The minimum Gasteiger partial charge on any atom is -0.436 e. The molecule has 0 rings (SSSR count). The zero-order valence-corrected chi connectivity index (χ0v) is 14.2. The smallest absolute Gasteiger partial charge is 0.407 e. The lowest BCUT2D eigenvalue weighted by atomic mass is 10.1. The van der Waals surface area contributed by atoms with E-state index in [0.29, 0.717) is 0 Å². The fourth-order valence-corrected chi connectivity index (χ4v) is 1.85. The standard InChI is InChI=1S/C14H26N2O4S/c1-7-11(5)16(9-19-21-8-2)13(17)12(10(3)4)20-14(18)15-6/h7,10-12H,1,8-9H2,2-6H3,(H,15,18). The van der Waals surface area contributed by atoms with Gasteiger partial charge in [0.05, 0.1) is 0 Å². The number of carbonyl (C=O) groups is 2. The van der Waals surface area contributed by atoms with Gasteiger partial charge < -0.3 is 15.0 Å². The number of carbonyl (C=O) groups excluding carboxylic acids is 2. The maximum Gasteiger partial charge on any atom is 0.407 e. The molecule has 0 spiro atoms. The molecule has 2 amide bonds. The Labute approximate surface area is 131 Å². The van der Waals surface area contributed by atoms with Gasteiger partial charge in [-0.15, -0.1) is 6.58 Å². The lowest BCUT2D eigenvalue weighted by molar-refractivity contribution is -0.146. The molecule has 2 atom stereocenters. The van der Waals surface area contributed by atoms with Gasteiger partial charge in [0, 0.05) is 18.8 Å².